The predicted molar refractivity (Wildman–Crippen MR) is 168 cm³/mol. The molecule has 0 aliphatic carbocycles. The Morgan fingerprint density at radius 3 is 2.48 bits per heavy atom. The first-order valence-electron chi connectivity index (χ1n) is 13.4. The number of aryl methyl sites for hydroxylation is 1. The molecule has 2 N–H and O–H groups in total. The number of hydrogen-bond donors (Lipinski definition) is 2. The fourth-order valence-corrected chi connectivity index (χ4v) is 5.48. The van der Waals surface area contributed by atoms with Crippen LogP contribution in [0.4, 0.5) is 10.8 Å². The summed E-state index contributed by atoms with van der Waals surface area (Å²) in [6.07, 6.45) is 0.610. The summed E-state index contributed by atoms with van der Waals surface area (Å²) in [6.45, 7) is 2.45. The maximum atomic E-state index is 13.6. The minimum Gasteiger partial charge on any atom is -0.493 e. The summed E-state index contributed by atoms with van der Waals surface area (Å²) in [5.74, 6) is 0.677. The lowest BCUT2D eigenvalue weighted by molar-refractivity contribution is 0.0948. The van der Waals surface area contributed by atoms with E-state index in [0.29, 0.717) is 35.3 Å². The summed E-state index contributed by atoms with van der Waals surface area (Å²) in [4.78, 5) is 32.8. The van der Waals surface area contributed by atoms with Crippen molar-refractivity contribution in [2.45, 2.75) is 13.3 Å². The van der Waals surface area contributed by atoms with Crippen LogP contribution in [0.3, 0.4) is 0 Å². The van der Waals surface area contributed by atoms with Gasteiger partial charge in [0.2, 0.25) is 0 Å². The van der Waals surface area contributed by atoms with Crippen molar-refractivity contribution in [1.29, 1.82) is 0 Å². The molecular formula is C32H33N5O4S. The number of carbonyl (C=O) groups excluding carboxylic acids is 2. The molecule has 0 unspecified atom stereocenters. The van der Waals surface area contributed by atoms with Gasteiger partial charge < -0.3 is 24.3 Å². The molecule has 0 bridgehead atoms. The zero-order valence-electron chi connectivity index (χ0n) is 24.2. The highest BCUT2D eigenvalue weighted by Gasteiger charge is 2.20. The number of nitrogens with one attached hydrogen (secondary N) is 2. The molecule has 0 radical (unpaired) electrons. The Morgan fingerprint density at radius 2 is 1.74 bits per heavy atom. The third kappa shape index (κ3) is 5.94. The van der Waals surface area contributed by atoms with Crippen molar-refractivity contribution in [2.24, 2.45) is 0 Å². The number of methoxy groups -OCH3 is 2. The van der Waals surface area contributed by atoms with Gasteiger partial charge in [-0.05, 0) is 66.9 Å². The van der Waals surface area contributed by atoms with Gasteiger partial charge in [-0.15, -0.1) is 11.3 Å². The van der Waals surface area contributed by atoms with Gasteiger partial charge in [0.25, 0.3) is 11.8 Å². The van der Waals surface area contributed by atoms with Crippen LogP contribution >= 0.6 is 11.3 Å². The summed E-state index contributed by atoms with van der Waals surface area (Å²) in [5.41, 5.74) is 5.69. The van der Waals surface area contributed by atoms with E-state index in [1.54, 1.807) is 19.6 Å². The van der Waals surface area contributed by atoms with Crippen LogP contribution in [0.5, 0.6) is 11.5 Å². The Morgan fingerprint density at radius 1 is 0.952 bits per heavy atom. The molecule has 2 aromatic heterocycles. The predicted octanol–water partition coefficient (Wildman–Crippen LogP) is 5.70. The van der Waals surface area contributed by atoms with Crippen LogP contribution in [0.15, 0.2) is 72.1 Å². The van der Waals surface area contributed by atoms with Crippen molar-refractivity contribution in [2.75, 3.05) is 45.1 Å². The molecule has 42 heavy (non-hydrogen) atoms. The number of aromatic nitrogens is 2. The van der Waals surface area contributed by atoms with Crippen LogP contribution in [0.1, 0.15) is 32.1 Å². The Kier molecular flexibility index (Phi) is 8.44. The lowest BCUT2D eigenvalue weighted by atomic mass is 10.1. The number of hydrogen-bond acceptors (Lipinski definition) is 7. The number of nitrogens with zero attached hydrogens (tertiary/aromatic N) is 3. The van der Waals surface area contributed by atoms with Crippen molar-refractivity contribution in [3.8, 4) is 17.2 Å². The molecule has 0 atom stereocenters. The van der Waals surface area contributed by atoms with Crippen LogP contribution in [0.2, 0.25) is 0 Å². The SMILES string of the molecule is COc1ccc(CCNC(=O)c2csc(NC(=O)c3cc4ccccc4n3-c3ccc(N(C)C)cc3C)n2)cc1OC. The average molecular weight is 584 g/mol. The first-order valence-corrected chi connectivity index (χ1v) is 14.3. The molecule has 216 valence electrons. The van der Waals surface area contributed by atoms with Crippen molar-refractivity contribution < 1.29 is 19.1 Å². The lowest BCUT2D eigenvalue weighted by Gasteiger charge is -2.17. The minimum atomic E-state index is -0.308. The molecular weight excluding hydrogens is 550 g/mol. The number of rotatable bonds is 10. The molecule has 0 saturated carbocycles. The molecule has 5 aromatic rings. The maximum Gasteiger partial charge on any atom is 0.274 e. The number of ether oxygens (including phenoxy) is 2. The van der Waals surface area contributed by atoms with E-state index in [-0.39, 0.29) is 17.5 Å². The van der Waals surface area contributed by atoms with Crippen LogP contribution < -0.4 is 25.0 Å². The molecule has 3 aromatic carbocycles. The van der Waals surface area contributed by atoms with Crippen molar-refractivity contribution >= 4 is 44.9 Å². The molecule has 2 amide bonds. The zero-order chi connectivity index (χ0) is 29.8. The molecule has 5 rings (SSSR count). The first kappa shape index (κ1) is 28.7. The first-order chi connectivity index (χ1) is 20.3. The summed E-state index contributed by atoms with van der Waals surface area (Å²) < 4.78 is 12.6. The van der Waals surface area contributed by atoms with E-state index >= 15 is 0 Å². The molecule has 0 aliphatic rings. The van der Waals surface area contributed by atoms with E-state index < -0.39 is 0 Å². The van der Waals surface area contributed by atoms with E-state index in [0.717, 1.165) is 33.4 Å². The Labute approximate surface area is 248 Å². The highest BCUT2D eigenvalue weighted by Crippen LogP contribution is 2.30. The quantitative estimate of drug-likeness (QED) is 0.219. The molecule has 2 heterocycles. The zero-order valence-corrected chi connectivity index (χ0v) is 25.0. The van der Waals surface area contributed by atoms with Gasteiger partial charge in [0.15, 0.2) is 16.6 Å². The highest BCUT2D eigenvalue weighted by molar-refractivity contribution is 7.14. The second-order valence-corrected chi connectivity index (χ2v) is 10.8. The van der Waals surface area contributed by atoms with Crippen LogP contribution in [-0.2, 0) is 6.42 Å². The third-order valence-corrected chi connectivity index (χ3v) is 7.74. The second kappa shape index (κ2) is 12.4. The molecule has 0 aliphatic heterocycles. The van der Waals surface area contributed by atoms with Gasteiger partial charge in [-0.1, -0.05) is 24.3 Å². The number of para-hydroxylation sites is 1. The second-order valence-electron chi connectivity index (χ2n) is 9.98. The smallest absolute Gasteiger partial charge is 0.274 e. The maximum absolute atomic E-state index is 13.6. The van der Waals surface area contributed by atoms with Crippen LogP contribution in [0.25, 0.3) is 16.6 Å². The number of carbonyl (C=O) groups is 2. The minimum absolute atomic E-state index is 0.248. The fourth-order valence-electron chi connectivity index (χ4n) is 4.79. The van der Waals surface area contributed by atoms with Crippen LogP contribution in [-0.4, -0.2) is 56.2 Å². The summed E-state index contributed by atoms with van der Waals surface area (Å²) in [6, 6.07) is 21.6. The summed E-state index contributed by atoms with van der Waals surface area (Å²) >= 11 is 1.21. The Bertz CT molecular complexity index is 1760. The topological polar surface area (TPSA) is 97.7 Å². The van der Waals surface area contributed by atoms with Crippen molar-refractivity contribution in [3.63, 3.8) is 0 Å². The number of fused-ring (bicyclic) bond motifs is 1. The monoisotopic (exact) mass is 583 g/mol. The Balaban J connectivity index is 1.30. The van der Waals surface area contributed by atoms with E-state index in [9.17, 15) is 9.59 Å². The summed E-state index contributed by atoms with van der Waals surface area (Å²) in [7, 11) is 7.18. The molecule has 9 nitrogen and oxygen atoms in total. The van der Waals surface area contributed by atoms with Gasteiger partial charge in [0.05, 0.1) is 19.7 Å². The molecule has 0 spiro atoms. The average Bonchev–Trinajstić information content (AvgIpc) is 3.62. The van der Waals surface area contributed by atoms with Crippen molar-refractivity contribution in [3.05, 3.63) is 94.6 Å². The van der Waals surface area contributed by atoms with Gasteiger partial charge >= 0.3 is 0 Å². The lowest BCUT2D eigenvalue weighted by Crippen LogP contribution is -2.26. The third-order valence-electron chi connectivity index (χ3n) is 6.99. The molecule has 0 saturated heterocycles. The number of benzene rings is 3. The number of amides is 2. The normalized spacial score (nSPS) is 10.9. The number of anilines is 2. The van der Waals surface area contributed by atoms with Crippen LogP contribution in [0, 0.1) is 6.92 Å². The van der Waals surface area contributed by atoms with Gasteiger partial charge in [0.1, 0.15) is 11.4 Å². The van der Waals surface area contributed by atoms with Gasteiger partial charge in [-0.3, -0.25) is 14.9 Å². The standard InChI is InChI=1S/C32H33N5O4S/c1-20-16-23(36(2)3)11-12-25(20)37-26-9-7-6-8-22(26)18-27(37)31(39)35-32-34-24(19-42-32)30(38)33-15-14-21-10-13-28(40-4)29(17-21)41-5/h6-13,16-19H,14-15H2,1-5H3,(H,33,38)(H,34,35,39). The van der Waals surface area contributed by atoms with Gasteiger partial charge in [0, 0.05) is 42.8 Å². The van der Waals surface area contributed by atoms with E-state index in [2.05, 4.69) is 21.7 Å². The van der Waals surface area contributed by atoms with Crippen molar-refractivity contribution in [1.82, 2.24) is 14.9 Å². The highest BCUT2D eigenvalue weighted by atomic mass is 32.1. The van der Waals surface area contributed by atoms with Gasteiger partial charge in [-0.2, -0.15) is 0 Å². The Hall–Kier alpha value is -4.83. The van der Waals surface area contributed by atoms with Gasteiger partial charge in [-0.25, -0.2) is 4.98 Å². The van der Waals surface area contributed by atoms with E-state index in [4.69, 9.17) is 9.47 Å². The summed E-state index contributed by atoms with van der Waals surface area (Å²) in [5, 5.41) is 8.72. The largest absolute Gasteiger partial charge is 0.493 e. The van der Waals surface area contributed by atoms with E-state index in [1.165, 1.54) is 11.3 Å². The molecule has 10 heteroatoms. The van der Waals surface area contributed by atoms with E-state index in [1.807, 2.05) is 91.1 Å². The molecule has 0 fully saturated rings. The fraction of sp³-hybridized carbons (Fsp3) is 0.219. The number of thiazole rings is 1.